The van der Waals surface area contributed by atoms with Gasteiger partial charge in [-0.2, -0.15) is 0 Å². The van der Waals surface area contributed by atoms with Crippen molar-refractivity contribution in [3.63, 3.8) is 0 Å². The van der Waals surface area contributed by atoms with Crippen LogP contribution in [0, 0.1) is 18.6 Å². The number of rotatable bonds is 6. The number of carbonyl (C=O) groups is 1. The molecule has 0 radical (unpaired) electrons. The maximum Gasteiger partial charge on any atom is 0.230 e. The number of fused-ring (bicyclic) bond motifs is 1. The van der Waals surface area contributed by atoms with Gasteiger partial charge in [-0.1, -0.05) is 23.9 Å². The van der Waals surface area contributed by atoms with Crippen molar-refractivity contribution >= 4 is 39.2 Å². The number of thioether (sulfide) groups is 1. The predicted octanol–water partition coefficient (Wildman–Crippen LogP) is 4.75. The van der Waals surface area contributed by atoms with E-state index in [1.807, 2.05) is 6.92 Å². The summed E-state index contributed by atoms with van der Waals surface area (Å²) in [6.07, 6.45) is 0. The third-order valence-corrected chi connectivity index (χ3v) is 6.19. The normalized spacial score (nSPS) is 11.0. The van der Waals surface area contributed by atoms with Crippen LogP contribution in [0.5, 0.6) is 0 Å². The first-order valence-corrected chi connectivity index (χ1v) is 10.8. The molecule has 0 aliphatic carbocycles. The Morgan fingerprint density at radius 3 is 2.40 bits per heavy atom. The number of aromatic nitrogens is 3. The van der Waals surface area contributed by atoms with Crippen molar-refractivity contribution in [2.24, 2.45) is 0 Å². The van der Waals surface area contributed by atoms with Gasteiger partial charge >= 0.3 is 0 Å². The van der Waals surface area contributed by atoms with Crippen molar-refractivity contribution in [3.05, 3.63) is 70.7 Å². The molecule has 0 saturated carbocycles. The van der Waals surface area contributed by atoms with Crippen molar-refractivity contribution in [3.8, 4) is 11.3 Å². The van der Waals surface area contributed by atoms with Gasteiger partial charge in [-0.15, -0.1) is 21.5 Å². The molecule has 0 atom stereocenters. The Balaban J connectivity index is 1.48. The number of hydrogen-bond donors (Lipinski definition) is 1. The Kier molecular flexibility index (Phi) is 6.01. The molecule has 0 unspecified atom stereocenters. The van der Waals surface area contributed by atoms with E-state index in [0.29, 0.717) is 22.8 Å². The molecular weight excluding hydrogens is 426 g/mol. The molecular formula is C21H16F2N4OS2. The number of halogens is 2. The average Bonchev–Trinajstić information content (AvgIpc) is 3.14. The summed E-state index contributed by atoms with van der Waals surface area (Å²) < 4.78 is 27.0. The van der Waals surface area contributed by atoms with Crippen LogP contribution < -0.4 is 5.32 Å². The van der Waals surface area contributed by atoms with Gasteiger partial charge in [0.15, 0.2) is 0 Å². The lowest BCUT2D eigenvalue weighted by molar-refractivity contribution is -0.118. The van der Waals surface area contributed by atoms with E-state index in [0.717, 1.165) is 20.8 Å². The van der Waals surface area contributed by atoms with Gasteiger partial charge in [-0.25, -0.2) is 13.8 Å². The highest BCUT2D eigenvalue weighted by Gasteiger charge is 2.17. The smallest absolute Gasteiger partial charge is 0.230 e. The highest BCUT2D eigenvalue weighted by atomic mass is 32.2. The standard InChI is InChI=1S/C21H16F2N4OS2/c1-12-25-19-20(30-12)18(14-4-8-16(23)9-5-14)26-27-21(19)29-11-17(28)24-10-13-2-6-15(22)7-3-13/h2-9H,10-11H2,1H3,(H,24,28). The predicted molar refractivity (Wildman–Crippen MR) is 114 cm³/mol. The Labute approximate surface area is 179 Å². The van der Waals surface area contributed by atoms with E-state index in [1.54, 1.807) is 24.3 Å². The molecule has 0 aliphatic heterocycles. The van der Waals surface area contributed by atoms with Crippen LogP contribution in [0.2, 0.25) is 0 Å². The molecule has 9 heteroatoms. The van der Waals surface area contributed by atoms with Gasteiger partial charge in [0.1, 0.15) is 27.9 Å². The summed E-state index contributed by atoms with van der Waals surface area (Å²) in [6, 6.07) is 12.0. The second kappa shape index (κ2) is 8.85. The molecule has 0 fully saturated rings. The molecule has 0 bridgehead atoms. The minimum Gasteiger partial charge on any atom is -0.351 e. The largest absolute Gasteiger partial charge is 0.351 e. The molecule has 5 nitrogen and oxygen atoms in total. The molecule has 152 valence electrons. The fraction of sp³-hybridized carbons (Fsp3) is 0.143. The fourth-order valence-electron chi connectivity index (χ4n) is 2.80. The lowest BCUT2D eigenvalue weighted by atomic mass is 10.1. The Bertz CT molecular complexity index is 1190. The molecule has 4 rings (SSSR count). The van der Waals surface area contributed by atoms with E-state index in [1.165, 1.54) is 47.4 Å². The fourth-order valence-corrected chi connectivity index (χ4v) is 4.55. The molecule has 1 N–H and O–H groups in total. The summed E-state index contributed by atoms with van der Waals surface area (Å²) in [5.74, 6) is -0.653. The van der Waals surface area contributed by atoms with Gasteiger partial charge in [0.2, 0.25) is 5.91 Å². The van der Waals surface area contributed by atoms with Crippen LogP contribution in [0.3, 0.4) is 0 Å². The van der Waals surface area contributed by atoms with Gasteiger partial charge in [-0.3, -0.25) is 4.79 Å². The number of thiazole rings is 1. The van der Waals surface area contributed by atoms with Crippen LogP contribution in [-0.4, -0.2) is 26.8 Å². The number of carbonyl (C=O) groups excluding carboxylic acids is 1. The second-order valence-electron chi connectivity index (χ2n) is 6.46. The summed E-state index contributed by atoms with van der Waals surface area (Å²) in [5, 5.41) is 12.8. The van der Waals surface area contributed by atoms with Gasteiger partial charge < -0.3 is 5.32 Å². The van der Waals surface area contributed by atoms with E-state index < -0.39 is 0 Å². The first-order chi connectivity index (χ1) is 14.5. The van der Waals surface area contributed by atoms with Crippen LogP contribution in [0.4, 0.5) is 8.78 Å². The number of nitrogens with zero attached hydrogens (tertiary/aromatic N) is 3. The zero-order valence-electron chi connectivity index (χ0n) is 15.9. The van der Waals surface area contributed by atoms with Gasteiger partial charge in [-0.05, 0) is 48.9 Å². The number of nitrogens with one attached hydrogen (secondary N) is 1. The molecule has 2 aromatic heterocycles. The molecule has 2 aromatic carbocycles. The van der Waals surface area contributed by atoms with Crippen LogP contribution in [0.1, 0.15) is 10.6 Å². The molecule has 0 saturated heterocycles. The summed E-state index contributed by atoms with van der Waals surface area (Å²) in [5.41, 5.74) is 2.89. The lowest BCUT2D eigenvalue weighted by Crippen LogP contribution is -2.24. The van der Waals surface area contributed by atoms with Gasteiger partial charge in [0.25, 0.3) is 0 Å². The van der Waals surface area contributed by atoms with Crippen molar-refractivity contribution in [2.75, 3.05) is 5.75 Å². The van der Waals surface area contributed by atoms with Gasteiger partial charge in [0, 0.05) is 12.1 Å². The highest BCUT2D eigenvalue weighted by Crippen LogP contribution is 2.35. The first-order valence-electron chi connectivity index (χ1n) is 9.03. The number of aryl methyl sites for hydroxylation is 1. The van der Waals surface area contributed by atoms with E-state index in [2.05, 4.69) is 20.5 Å². The summed E-state index contributed by atoms with van der Waals surface area (Å²) in [6.45, 7) is 2.21. The SMILES string of the molecule is Cc1nc2c(SCC(=O)NCc3ccc(F)cc3)nnc(-c3ccc(F)cc3)c2s1. The van der Waals surface area contributed by atoms with Crippen molar-refractivity contribution in [1.82, 2.24) is 20.5 Å². The first kappa shape index (κ1) is 20.4. The minimum atomic E-state index is -0.317. The minimum absolute atomic E-state index is 0.150. The van der Waals surface area contributed by atoms with Crippen LogP contribution in [-0.2, 0) is 11.3 Å². The Morgan fingerprint density at radius 2 is 1.70 bits per heavy atom. The molecule has 2 heterocycles. The topological polar surface area (TPSA) is 67.8 Å². The third kappa shape index (κ3) is 4.63. The van der Waals surface area contributed by atoms with E-state index in [4.69, 9.17) is 0 Å². The molecule has 0 aliphatic rings. The van der Waals surface area contributed by atoms with E-state index >= 15 is 0 Å². The molecule has 0 spiro atoms. The van der Waals surface area contributed by atoms with E-state index in [9.17, 15) is 13.6 Å². The number of hydrogen-bond acceptors (Lipinski definition) is 6. The van der Waals surface area contributed by atoms with Crippen molar-refractivity contribution in [2.45, 2.75) is 18.5 Å². The molecule has 30 heavy (non-hydrogen) atoms. The highest BCUT2D eigenvalue weighted by molar-refractivity contribution is 8.00. The maximum absolute atomic E-state index is 13.2. The maximum atomic E-state index is 13.2. The zero-order chi connectivity index (χ0) is 21.1. The van der Waals surface area contributed by atoms with Crippen LogP contribution in [0.15, 0.2) is 53.6 Å². The zero-order valence-corrected chi connectivity index (χ0v) is 17.5. The monoisotopic (exact) mass is 442 g/mol. The number of benzene rings is 2. The summed E-state index contributed by atoms with van der Waals surface area (Å²) in [4.78, 5) is 16.8. The summed E-state index contributed by atoms with van der Waals surface area (Å²) in [7, 11) is 0. The Morgan fingerprint density at radius 1 is 1.03 bits per heavy atom. The average molecular weight is 443 g/mol. The Hall–Kier alpha value is -2.91. The molecule has 1 amide bonds. The van der Waals surface area contributed by atoms with E-state index in [-0.39, 0.29) is 23.3 Å². The quantitative estimate of drug-likeness (QED) is 0.437. The summed E-state index contributed by atoms with van der Waals surface area (Å²) >= 11 is 2.74. The lowest BCUT2D eigenvalue weighted by Gasteiger charge is -2.07. The van der Waals surface area contributed by atoms with Crippen LogP contribution in [0.25, 0.3) is 21.5 Å². The molecule has 4 aromatic rings. The van der Waals surface area contributed by atoms with Crippen LogP contribution >= 0.6 is 23.1 Å². The third-order valence-electron chi connectivity index (χ3n) is 4.25. The van der Waals surface area contributed by atoms with Gasteiger partial charge in [0.05, 0.1) is 15.5 Å². The number of amides is 1. The van der Waals surface area contributed by atoms with Crippen molar-refractivity contribution < 1.29 is 13.6 Å². The van der Waals surface area contributed by atoms with Crippen molar-refractivity contribution in [1.29, 1.82) is 0 Å². The second-order valence-corrected chi connectivity index (χ2v) is 8.63.